The molecule has 0 aliphatic carbocycles. The van der Waals surface area contributed by atoms with E-state index in [2.05, 4.69) is 19.7 Å². The number of para-hydroxylation sites is 1. The Bertz CT molecular complexity index is 1000. The summed E-state index contributed by atoms with van der Waals surface area (Å²) in [6, 6.07) is 9.40. The highest BCUT2D eigenvalue weighted by atomic mass is 19.3. The first-order valence-corrected chi connectivity index (χ1v) is 7.78. The molecule has 0 saturated heterocycles. The number of hydrogen-bond donors (Lipinski definition) is 1. The molecule has 3 aromatic rings. The third-order valence-electron chi connectivity index (χ3n) is 4.15. The molecule has 134 valence electrons. The fourth-order valence-electron chi connectivity index (χ4n) is 2.90. The van der Waals surface area contributed by atoms with E-state index in [4.69, 9.17) is 0 Å². The predicted molar refractivity (Wildman–Crippen MR) is 85.6 cm³/mol. The standard InChI is InChI=1S/C17H13F2N3O4/c1-9(23)11-3-2-4-14-15(11)25-17(18,19)16(24)22(14)8-10-5-6-12-13(7-10)21-26-20-12/h2-7,9,23H,8H2,1H3. The Balaban J connectivity index is 1.79. The van der Waals surface area contributed by atoms with Gasteiger partial charge in [-0.05, 0) is 41.0 Å². The number of ether oxygens (including phenoxy) is 1. The summed E-state index contributed by atoms with van der Waals surface area (Å²) in [5.41, 5.74) is 1.87. The number of carbonyl (C=O) groups is 1. The minimum atomic E-state index is -4.03. The van der Waals surface area contributed by atoms with Gasteiger partial charge < -0.3 is 9.84 Å². The van der Waals surface area contributed by atoms with Crippen molar-refractivity contribution < 1.29 is 28.0 Å². The predicted octanol–water partition coefficient (Wildman–Crippen LogP) is 2.79. The first-order valence-electron chi connectivity index (χ1n) is 7.78. The van der Waals surface area contributed by atoms with Crippen LogP contribution in [0.5, 0.6) is 5.75 Å². The zero-order valence-corrected chi connectivity index (χ0v) is 13.5. The summed E-state index contributed by atoms with van der Waals surface area (Å²) in [7, 11) is 0. The van der Waals surface area contributed by atoms with Crippen molar-refractivity contribution in [1.82, 2.24) is 10.3 Å². The lowest BCUT2D eigenvalue weighted by Gasteiger charge is -2.35. The molecule has 0 bridgehead atoms. The van der Waals surface area contributed by atoms with Gasteiger partial charge in [0.05, 0.1) is 18.3 Å². The number of aliphatic hydroxyl groups is 1. The van der Waals surface area contributed by atoms with E-state index < -0.39 is 18.1 Å². The van der Waals surface area contributed by atoms with Crippen molar-refractivity contribution in [3.05, 3.63) is 47.5 Å². The summed E-state index contributed by atoms with van der Waals surface area (Å²) in [4.78, 5) is 13.2. The Hall–Kier alpha value is -3.07. The van der Waals surface area contributed by atoms with Gasteiger partial charge in [0, 0.05) is 5.56 Å². The number of amides is 1. The van der Waals surface area contributed by atoms with E-state index in [1.54, 1.807) is 24.3 Å². The molecular weight excluding hydrogens is 348 g/mol. The van der Waals surface area contributed by atoms with Gasteiger partial charge in [0.2, 0.25) is 0 Å². The van der Waals surface area contributed by atoms with Crippen molar-refractivity contribution in [2.45, 2.75) is 25.7 Å². The van der Waals surface area contributed by atoms with Crippen LogP contribution in [0.4, 0.5) is 14.5 Å². The number of rotatable bonds is 3. The number of hydrogen-bond acceptors (Lipinski definition) is 6. The molecule has 0 radical (unpaired) electrons. The second-order valence-electron chi connectivity index (χ2n) is 5.97. The summed E-state index contributed by atoms with van der Waals surface area (Å²) in [6.07, 6.45) is -5.06. The van der Waals surface area contributed by atoms with E-state index in [1.165, 1.54) is 19.1 Å². The maximum Gasteiger partial charge on any atom is 0.483 e. The number of nitrogens with zero attached hydrogens (tertiary/aromatic N) is 3. The fourth-order valence-corrected chi connectivity index (χ4v) is 2.90. The average molecular weight is 361 g/mol. The molecule has 4 rings (SSSR count). The van der Waals surface area contributed by atoms with Crippen molar-refractivity contribution in [3.8, 4) is 5.75 Å². The zero-order valence-electron chi connectivity index (χ0n) is 13.5. The van der Waals surface area contributed by atoms with E-state index in [1.807, 2.05) is 0 Å². The summed E-state index contributed by atoms with van der Waals surface area (Å²) >= 11 is 0. The van der Waals surface area contributed by atoms with Gasteiger partial charge in [0.15, 0.2) is 5.75 Å². The molecule has 26 heavy (non-hydrogen) atoms. The van der Waals surface area contributed by atoms with Crippen molar-refractivity contribution >= 4 is 22.6 Å². The van der Waals surface area contributed by atoms with Crippen molar-refractivity contribution in [1.29, 1.82) is 0 Å². The molecule has 1 aromatic heterocycles. The molecular formula is C17H13F2N3O4. The van der Waals surface area contributed by atoms with Crippen LogP contribution in [0.2, 0.25) is 0 Å². The molecule has 9 heteroatoms. The summed E-state index contributed by atoms with van der Waals surface area (Å²) in [5, 5.41) is 17.2. The largest absolute Gasteiger partial charge is 0.483 e. The molecule has 0 spiro atoms. The number of anilines is 1. The van der Waals surface area contributed by atoms with Crippen LogP contribution in [0.1, 0.15) is 24.2 Å². The van der Waals surface area contributed by atoms with Gasteiger partial charge in [0.1, 0.15) is 11.0 Å². The van der Waals surface area contributed by atoms with Crippen LogP contribution in [0.25, 0.3) is 11.0 Å². The summed E-state index contributed by atoms with van der Waals surface area (Å²) in [6.45, 7) is 1.31. The molecule has 0 saturated carbocycles. The molecule has 2 aromatic carbocycles. The lowest BCUT2D eigenvalue weighted by Crippen LogP contribution is -2.50. The van der Waals surface area contributed by atoms with Crippen LogP contribution in [0.15, 0.2) is 41.0 Å². The number of alkyl halides is 2. The zero-order chi connectivity index (χ0) is 18.5. The van der Waals surface area contributed by atoms with Crippen LogP contribution in [-0.4, -0.2) is 27.4 Å². The quantitative estimate of drug-likeness (QED) is 0.772. The van der Waals surface area contributed by atoms with E-state index >= 15 is 0 Å². The van der Waals surface area contributed by atoms with E-state index in [0.29, 0.717) is 16.6 Å². The lowest BCUT2D eigenvalue weighted by molar-refractivity contribution is -0.193. The Morgan fingerprint density at radius 3 is 2.77 bits per heavy atom. The van der Waals surface area contributed by atoms with E-state index in [9.17, 15) is 18.7 Å². The fraction of sp³-hybridized carbons (Fsp3) is 0.235. The van der Waals surface area contributed by atoms with Crippen molar-refractivity contribution in [2.75, 3.05) is 4.90 Å². The SMILES string of the molecule is CC(O)c1cccc2c1OC(F)(F)C(=O)N2Cc1ccc2nonc2c1. The number of aliphatic hydroxyl groups excluding tert-OH is 1. The molecule has 0 fully saturated rings. The molecule has 7 nitrogen and oxygen atoms in total. The number of fused-ring (bicyclic) bond motifs is 2. The lowest BCUT2D eigenvalue weighted by atomic mass is 10.1. The third-order valence-corrected chi connectivity index (χ3v) is 4.15. The second-order valence-corrected chi connectivity index (χ2v) is 5.97. The first kappa shape index (κ1) is 16.4. The van der Waals surface area contributed by atoms with Crippen LogP contribution in [0.3, 0.4) is 0 Å². The van der Waals surface area contributed by atoms with Crippen LogP contribution >= 0.6 is 0 Å². The van der Waals surface area contributed by atoms with Gasteiger partial charge >= 0.3 is 12.0 Å². The Morgan fingerprint density at radius 2 is 2.00 bits per heavy atom. The molecule has 2 heterocycles. The van der Waals surface area contributed by atoms with Gasteiger partial charge in [-0.2, -0.15) is 8.78 Å². The minimum Gasteiger partial charge on any atom is -0.423 e. The monoisotopic (exact) mass is 361 g/mol. The second kappa shape index (κ2) is 5.73. The highest BCUT2D eigenvalue weighted by molar-refractivity contribution is 6.01. The van der Waals surface area contributed by atoms with Gasteiger partial charge in [-0.15, -0.1) is 0 Å². The summed E-state index contributed by atoms with van der Waals surface area (Å²) in [5.74, 6) is -1.69. The van der Waals surface area contributed by atoms with Crippen molar-refractivity contribution in [2.24, 2.45) is 0 Å². The van der Waals surface area contributed by atoms with Gasteiger partial charge in [-0.1, -0.05) is 18.2 Å². The molecule has 1 aliphatic heterocycles. The number of halogens is 2. The highest BCUT2D eigenvalue weighted by Crippen LogP contribution is 2.44. The van der Waals surface area contributed by atoms with Crippen molar-refractivity contribution in [3.63, 3.8) is 0 Å². The normalized spacial score (nSPS) is 17.1. The minimum absolute atomic E-state index is 0.128. The Labute approximate surface area is 145 Å². The topological polar surface area (TPSA) is 88.7 Å². The summed E-state index contributed by atoms with van der Waals surface area (Å²) < 4.78 is 37.5. The van der Waals surface area contributed by atoms with Crippen LogP contribution in [0, 0.1) is 0 Å². The molecule has 1 atom stereocenters. The molecule has 1 unspecified atom stereocenters. The third kappa shape index (κ3) is 2.57. The highest BCUT2D eigenvalue weighted by Gasteiger charge is 2.51. The first-order chi connectivity index (χ1) is 12.4. The number of benzene rings is 2. The van der Waals surface area contributed by atoms with Gasteiger partial charge in [-0.25, -0.2) is 4.63 Å². The van der Waals surface area contributed by atoms with Gasteiger partial charge in [-0.3, -0.25) is 9.69 Å². The Morgan fingerprint density at radius 1 is 1.23 bits per heavy atom. The maximum atomic E-state index is 14.1. The molecule has 1 amide bonds. The van der Waals surface area contributed by atoms with Gasteiger partial charge in [0.25, 0.3) is 0 Å². The average Bonchev–Trinajstić information content (AvgIpc) is 3.05. The smallest absolute Gasteiger partial charge is 0.423 e. The van der Waals surface area contributed by atoms with Crippen LogP contribution < -0.4 is 9.64 Å². The number of aromatic nitrogens is 2. The maximum absolute atomic E-state index is 14.1. The molecule has 1 N–H and O–H groups in total. The van der Waals surface area contributed by atoms with E-state index in [0.717, 1.165) is 4.90 Å². The number of carbonyl (C=O) groups excluding carboxylic acids is 1. The Kier molecular flexibility index (Phi) is 3.62. The van der Waals surface area contributed by atoms with E-state index in [-0.39, 0.29) is 23.5 Å². The van der Waals surface area contributed by atoms with Crippen LogP contribution in [-0.2, 0) is 11.3 Å². The molecule has 1 aliphatic rings.